The molecule has 0 aliphatic carbocycles. The van der Waals surface area contributed by atoms with Crippen LogP contribution in [-0.4, -0.2) is 25.4 Å². The number of hydrogen-bond donors (Lipinski definition) is 1. The van der Waals surface area contributed by atoms with E-state index in [1.807, 2.05) is 0 Å². The number of hydrogen-bond acceptors (Lipinski definition) is 4. The van der Waals surface area contributed by atoms with Crippen LogP contribution in [0.1, 0.15) is 0 Å². The maximum atomic E-state index is 13.5. The Kier molecular flexibility index (Phi) is 2.22. The van der Waals surface area contributed by atoms with Gasteiger partial charge in [0, 0.05) is 0 Å². The molecule has 0 saturated carbocycles. The topological polar surface area (TPSA) is 67.3 Å². The number of fused-ring (bicyclic) bond motifs is 1. The van der Waals surface area contributed by atoms with Gasteiger partial charge in [-0.25, -0.2) is 23.1 Å². The number of aromatic amines is 1. The van der Waals surface area contributed by atoms with E-state index >= 15 is 0 Å². The van der Waals surface area contributed by atoms with Crippen molar-refractivity contribution < 1.29 is 13.2 Å². The second-order valence-corrected chi connectivity index (χ2v) is 3.44. The Bertz CT molecular complexity index is 739. The first-order valence-electron chi connectivity index (χ1n) is 4.84. The summed E-state index contributed by atoms with van der Waals surface area (Å²) in [5, 5.41) is 9.65. The van der Waals surface area contributed by atoms with Gasteiger partial charge in [0.1, 0.15) is 11.3 Å². The minimum absolute atomic E-state index is 0.142. The summed E-state index contributed by atoms with van der Waals surface area (Å²) >= 11 is 0. The number of H-pyrrole nitrogens is 1. The van der Waals surface area contributed by atoms with Crippen LogP contribution < -0.4 is 0 Å². The fourth-order valence-corrected chi connectivity index (χ4v) is 1.51. The molecule has 0 atom stereocenters. The summed E-state index contributed by atoms with van der Waals surface area (Å²) in [6.45, 7) is 0. The van der Waals surface area contributed by atoms with Gasteiger partial charge in [0.15, 0.2) is 17.5 Å². The van der Waals surface area contributed by atoms with Crippen LogP contribution in [0.5, 0.6) is 0 Å². The van der Waals surface area contributed by atoms with Crippen molar-refractivity contribution in [2.24, 2.45) is 0 Å². The molecule has 2 heterocycles. The van der Waals surface area contributed by atoms with Gasteiger partial charge in [0.2, 0.25) is 5.65 Å². The van der Waals surface area contributed by atoms with Gasteiger partial charge in [-0.3, -0.25) is 0 Å². The molecule has 2 aromatic heterocycles. The lowest BCUT2D eigenvalue weighted by atomic mass is 10.1. The van der Waals surface area contributed by atoms with E-state index in [0.29, 0.717) is 11.6 Å². The predicted molar refractivity (Wildman–Crippen MR) is 54.8 cm³/mol. The van der Waals surface area contributed by atoms with Crippen LogP contribution in [0.4, 0.5) is 13.2 Å². The molecule has 0 spiro atoms. The molecule has 8 heteroatoms. The molecular formula is C10H4F3N5. The van der Waals surface area contributed by atoms with Crippen molar-refractivity contribution in [2.75, 3.05) is 0 Å². The van der Waals surface area contributed by atoms with Gasteiger partial charge in [-0.15, -0.1) is 5.10 Å². The van der Waals surface area contributed by atoms with Gasteiger partial charge in [-0.2, -0.15) is 10.3 Å². The van der Waals surface area contributed by atoms with Crippen LogP contribution in [0, 0.1) is 17.5 Å². The zero-order valence-electron chi connectivity index (χ0n) is 8.65. The third-order valence-electron chi connectivity index (χ3n) is 2.34. The number of rotatable bonds is 1. The van der Waals surface area contributed by atoms with Gasteiger partial charge in [-0.1, -0.05) is 0 Å². The molecule has 1 aromatic carbocycles. The average molecular weight is 251 g/mol. The highest BCUT2D eigenvalue weighted by Crippen LogP contribution is 2.25. The summed E-state index contributed by atoms with van der Waals surface area (Å²) in [6.07, 6.45) is 1.24. The normalized spacial score (nSPS) is 11.1. The maximum absolute atomic E-state index is 13.5. The second kappa shape index (κ2) is 3.76. The predicted octanol–water partition coefficient (Wildman–Crippen LogP) is 1.83. The Morgan fingerprint density at radius 1 is 1.00 bits per heavy atom. The van der Waals surface area contributed by atoms with Gasteiger partial charge in [0.25, 0.3) is 0 Å². The summed E-state index contributed by atoms with van der Waals surface area (Å²) < 4.78 is 40.1. The van der Waals surface area contributed by atoms with Crippen molar-refractivity contribution in [1.29, 1.82) is 0 Å². The molecule has 0 aliphatic heterocycles. The van der Waals surface area contributed by atoms with Crippen LogP contribution in [-0.2, 0) is 0 Å². The average Bonchev–Trinajstić information content (AvgIpc) is 2.82. The molecule has 0 fully saturated rings. The van der Waals surface area contributed by atoms with Crippen LogP contribution in [0.25, 0.3) is 22.6 Å². The Morgan fingerprint density at radius 3 is 2.61 bits per heavy atom. The smallest absolute Gasteiger partial charge is 0.205 e. The minimum Gasteiger partial charge on any atom is -0.234 e. The first kappa shape index (κ1) is 10.6. The molecule has 3 aromatic rings. The molecule has 1 N–H and O–H groups in total. The maximum Gasteiger partial charge on any atom is 0.205 e. The number of aromatic nitrogens is 5. The first-order valence-corrected chi connectivity index (χ1v) is 4.84. The van der Waals surface area contributed by atoms with E-state index in [4.69, 9.17) is 0 Å². The number of nitrogens with one attached hydrogen (secondary N) is 1. The van der Waals surface area contributed by atoms with Crippen LogP contribution in [0.3, 0.4) is 0 Å². The number of benzene rings is 1. The van der Waals surface area contributed by atoms with Crippen molar-refractivity contribution in [1.82, 2.24) is 25.4 Å². The Hall–Kier alpha value is -2.51. The fraction of sp³-hybridized carbons (Fsp3) is 0. The van der Waals surface area contributed by atoms with E-state index in [0.717, 1.165) is 6.07 Å². The SMILES string of the molecule is Fc1ccc(F)c(-c2ncc3n[nH]nc3n2)c1F. The van der Waals surface area contributed by atoms with Gasteiger partial charge in [0.05, 0.1) is 11.8 Å². The lowest BCUT2D eigenvalue weighted by Gasteiger charge is -2.03. The van der Waals surface area contributed by atoms with E-state index in [2.05, 4.69) is 25.4 Å². The van der Waals surface area contributed by atoms with Gasteiger partial charge in [-0.05, 0) is 12.1 Å². The summed E-state index contributed by atoms with van der Waals surface area (Å²) in [6, 6.07) is 1.51. The van der Waals surface area contributed by atoms with Crippen molar-refractivity contribution in [3.8, 4) is 11.4 Å². The van der Waals surface area contributed by atoms with Crippen molar-refractivity contribution >= 4 is 11.2 Å². The third-order valence-corrected chi connectivity index (χ3v) is 2.34. The van der Waals surface area contributed by atoms with Crippen LogP contribution in [0.15, 0.2) is 18.3 Å². The van der Waals surface area contributed by atoms with Crippen molar-refractivity contribution in [3.63, 3.8) is 0 Å². The fourth-order valence-electron chi connectivity index (χ4n) is 1.51. The highest BCUT2D eigenvalue weighted by Gasteiger charge is 2.18. The highest BCUT2D eigenvalue weighted by molar-refractivity contribution is 5.71. The summed E-state index contributed by atoms with van der Waals surface area (Å²) in [5.41, 5.74) is -0.140. The molecule has 5 nitrogen and oxygen atoms in total. The van der Waals surface area contributed by atoms with E-state index in [1.165, 1.54) is 6.20 Å². The van der Waals surface area contributed by atoms with E-state index in [9.17, 15) is 13.2 Å². The van der Waals surface area contributed by atoms with E-state index < -0.39 is 23.0 Å². The Morgan fingerprint density at radius 2 is 1.78 bits per heavy atom. The van der Waals surface area contributed by atoms with Crippen molar-refractivity contribution in [2.45, 2.75) is 0 Å². The molecule has 0 amide bonds. The van der Waals surface area contributed by atoms with Crippen LogP contribution in [0.2, 0.25) is 0 Å². The highest BCUT2D eigenvalue weighted by atomic mass is 19.2. The van der Waals surface area contributed by atoms with E-state index in [1.54, 1.807) is 0 Å². The van der Waals surface area contributed by atoms with Crippen molar-refractivity contribution in [3.05, 3.63) is 35.8 Å². The largest absolute Gasteiger partial charge is 0.234 e. The summed E-state index contributed by atoms with van der Waals surface area (Å²) in [4.78, 5) is 7.54. The quantitative estimate of drug-likeness (QED) is 0.670. The summed E-state index contributed by atoms with van der Waals surface area (Å²) in [5.74, 6) is -3.74. The third kappa shape index (κ3) is 1.50. The first-order chi connectivity index (χ1) is 8.66. The molecule has 0 bridgehead atoms. The lowest BCUT2D eigenvalue weighted by molar-refractivity contribution is 0.498. The molecule has 90 valence electrons. The van der Waals surface area contributed by atoms with Gasteiger partial charge < -0.3 is 0 Å². The lowest BCUT2D eigenvalue weighted by Crippen LogP contribution is -1.98. The molecule has 0 saturated heterocycles. The summed E-state index contributed by atoms with van der Waals surface area (Å²) in [7, 11) is 0. The van der Waals surface area contributed by atoms with Crippen LogP contribution >= 0.6 is 0 Å². The van der Waals surface area contributed by atoms with Gasteiger partial charge >= 0.3 is 0 Å². The molecule has 0 radical (unpaired) electrons. The minimum atomic E-state index is -1.34. The Labute approximate surface area is 97.7 Å². The molecule has 0 unspecified atom stereocenters. The second-order valence-electron chi connectivity index (χ2n) is 3.44. The molecule has 3 rings (SSSR count). The molecule has 0 aliphatic rings. The number of nitrogens with zero attached hydrogens (tertiary/aromatic N) is 4. The van der Waals surface area contributed by atoms with E-state index in [-0.39, 0.29) is 11.5 Å². The standard InChI is InChI=1S/C10H4F3N5/c11-4-1-2-5(12)8(13)7(4)10-14-3-6-9(15-10)17-18-16-6/h1-3H,(H,14,15,16,17,18). The monoisotopic (exact) mass is 251 g/mol. The Balaban J connectivity index is 2.28. The zero-order valence-corrected chi connectivity index (χ0v) is 8.65. The zero-order chi connectivity index (χ0) is 12.7. The molecule has 18 heavy (non-hydrogen) atoms. The molecular weight excluding hydrogens is 247 g/mol. The number of halogens is 3.